The maximum Gasteiger partial charge on any atom is 0.145 e. The molecule has 2 aromatic rings. The van der Waals surface area contributed by atoms with Crippen LogP contribution in [0, 0.1) is 36.5 Å². The lowest BCUT2D eigenvalue weighted by Gasteiger charge is -2.13. The third kappa shape index (κ3) is 3.94. The van der Waals surface area contributed by atoms with E-state index in [2.05, 4.69) is 17.4 Å². The van der Waals surface area contributed by atoms with E-state index in [9.17, 15) is 0 Å². The molecule has 0 aliphatic rings. The van der Waals surface area contributed by atoms with E-state index in [1.807, 2.05) is 57.2 Å². The molecule has 4 nitrogen and oxygen atoms in total. The van der Waals surface area contributed by atoms with Crippen LogP contribution in [0.15, 0.2) is 48.2 Å². The fraction of sp³-hybridized carbons (Fsp3) is 0.200. The van der Waals surface area contributed by atoms with Gasteiger partial charge in [-0.25, -0.2) is 0 Å². The van der Waals surface area contributed by atoms with Crippen molar-refractivity contribution >= 4 is 5.69 Å². The van der Waals surface area contributed by atoms with E-state index in [0.29, 0.717) is 6.61 Å². The van der Waals surface area contributed by atoms with E-state index in [0.717, 1.165) is 33.7 Å². The van der Waals surface area contributed by atoms with Crippen molar-refractivity contribution in [2.45, 2.75) is 20.8 Å². The molecule has 2 aromatic carbocycles. The molecule has 0 spiro atoms. The Morgan fingerprint density at radius 2 is 1.75 bits per heavy atom. The molecule has 0 fully saturated rings. The van der Waals surface area contributed by atoms with Crippen LogP contribution in [-0.2, 0) is 0 Å². The summed E-state index contributed by atoms with van der Waals surface area (Å²) in [6.45, 7) is 6.70. The van der Waals surface area contributed by atoms with Crippen LogP contribution in [0.4, 0.5) is 5.69 Å². The molecule has 0 heterocycles. The number of hydrogen-bond acceptors (Lipinski definition) is 4. The summed E-state index contributed by atoms with van der Waals surface area (Å²) in [4.78, 5) is 0. The van der Waals surface area contributed by atoms with E-state index >= 15 is 0 Å². The Balaban J connectivity index is 2.34. The van der Waals surface area contributed by atoms with Crippen LogP contribution in [0.3, 0.4) is 0 Å². The van der Waals surface area contributed by atoms with E-state index in [1.165, 1.54) is 6.20 Å². The molecule has 0 saturated heterocycles. The summed E-state index contributed by atoms with van der Waals surface area (Å²) < 4.78 is 5.69. The van der Waals surface area contributed by atoms with Gasteiger partial charge in [-0.3, -0.25) is 0 Å². The smallest absolute Gasteiger partial charge is 0.145 e. The van der Waals surface area contributed by atoms with Gasteiger partial charge in [0, 0.05) is 11.9 Å². The first kappa shape index (κ1) is 17.1. The SMILES string of the molecule is CCOc1c(C)cc(-c2cccc(NC=C(C#N)C#N)c2)cc1C. The van der Waals surface area contributed by atoms with Crippen molar-refractivity contribution in [3.63, 3.8) is 0 Å². The van der Waals surface area contributed by atoms with Crippen LogP contribution in [0.5, 0.6) is 5.75 Å². The average Bonchev–Trinajstić information content (AvgIpc) is 2.59. The quantitative estimate of drug-likeness (QED) is 0.811. The van der Waals surface area contributed by atoms with Gasteiger partial charge in [0.2, 0.25) is 0 Å². The Kier molecular flexibility index (Phi) is 5.60. The van der Waals surface area contributed by atoms with Crippen molar-refractivity contribution in [1.82, 2.24) is 0 Å². The van der Waals surface area contributed by atoms with Crippen molar-refractivity contribution in [1.29, 1.82) is 10.5 Å². The Morgan fingerprint density at radius 3 is 2.33 bits per heavy atom. The lowest BCUT2D eigenvalue weighted by molar-refractivity contribution is 0.335. The second-order valence-corrected chi connectivity index (χ2v) is 5.38. The number of nitrogens with one attached hydrogen (secondary N) is 1. The molecular formula is C20H19N3O. The summed E-state index contributed by atoms with van der Waals surface area (Å²) >= 11 is 0. The number of ether oxygens (including phenoxy) is 1. The fourth-order valence-electron chi connectivity index (χ4n) is 2.52. The second-order valence-electron chi connectivity index (χ2n) is 5.38. The molecule has 0 aromatic heterocycles. The molecule has 120 valence electrons. The summed E-state index contributed by atoms with van der Waals surface area (Å²) in [7, 11) is 0. The fourth-order valence-corrected chi connectivity index (χ4v) is 2.52. The summed E-state index contributed by atoms with van der Waals surface area (Å²) in [6, 6.07) is 15.7. The molecule has 1 N–H and O–H groups in total. The monoisotopic (exact) mass is 317 g/mol. The number of benzene rings is 2. The molecule has 0 saturated carbocycles. The number of aryl methyl sites for hydroxylation is 2. The number of hydrogen-bond donors (Lipinski definition) is 1. The summed E-state index contributed by atoms with van der Waals surface area (Å²) in [6.07, 6.45) is 1.41. The minimum absolute atomic E-state index is 0.0353. The number of rotatable bonds is 5. The molecule has 4 heteroatoms. The predicted octanol–water partition coefficient (Wildman–Crippen LogP) is 4.71. The number of nitrogens with zero attached hydrogens (tertiary/aromatic N) is 2. The zero-order valence-corrected chi connectivity index (χ0v) is 14.1. The Bertz CT molecular complexity index is 815. The Morgan fingerprint density at radius 1 is 1.08 bits per heavy atom. The summed E-state index contributed by atoms with van der Waals surface area (Å²) in [5.41, 5.74) is 5.20. The molecule has 0 aliphatic carbocycles. The van der Waals surface area contributed by atoms with Crippen molar-refractivity contribution in [3.8, 4) is 29.0 Å². The molecule has 0 radical (unpaired) electrons. The first-order chi connectivity index (χ1) is 11.6. The summed E-state index contributed by atoms with van der Waals surface area (Å²) in [5.74, 6) is 0.936. The van der Waals surface area contributed by atoms with Gasteiger partial charge in [-0.2, -0.15) is 10.5 Å². The highest BCUT2D eigenvalue weighted by Crippen LogP contribution is 2.31. The average molecular weight is 317 g/mol. The van der Waals surface area contributed by atoms with E-state index in [-0.39, 0.29) is 5.57 Å². The molecule has 0 aliphatic heterocycles. The van der Waals surface area contributed by atoms with Gasteiger partial charge in [-0.15, -0.1) is 0 Å². The highest BCUT2D eigenvalue weighted by atomic mass is 16.5. The third-order valence-electron chi connectivity index (χ3n) is 3.57. The zero-order valence-electron chi connectivity index (χ0n) is 14.1. The van der Waals surface area contributed by atoms with E-state index in [4.69, 9.17) is 15.3 Å². The summed E-state index contributed by atoms with van der Waals surface area (Å²) in [5, 5.41) is 20.5. The van der Waals surface area contributed by atoms with Gasteiger partial charge in [-0.1, -0.05) is 12.1 Å². The number of allylic oxidation sites excluding steroid dienone is 1. The lowest BCUT2D eigenvalue weighted by Crippen LogP contribution is -1.97. The standard InChI is InChI=1S/C20H19N3O/c1-4-24-20-14(2)8-18(9-15(20)3)17-6-5-7-19(10-17)23-13-16(11-21)12-22/h5-10,13,23H,4H2,1-3H3. The van der Waals surface area contributed by atoms with Gasteiger partial charge < -0.3 is 10.1 Å². The van der Waals surface area contributed by atoms with Crippen LogP contribution in [0.25, 0.3) is 11.1 Å². The number of anilines is 1. The molecule has 24 heavy (non-hydrogen) atoms. The van der Waals surface area contributed by atoms with Gasteiger partial charge in [0.05, 0.1) is 6.61 Å². The van der Waals surface area contributed by atoms with Gasteiger partial charge in [0.25, 0.3) is 0 Å². The number of nitriles is 2. The maximum atomic E-state index is 8.77. The highest BCUT2D eigenvalue weighted by molar-refractivity contribution is 5.71. The van der Waals surface area contributed by atoms with Crippen LogP contribution in [0.2, 0.25) is 0 Å². The minimum Gasteiger partial charge on any atom is -0.493 e. The molecule has 0 atom stereocenters. The largest absolute Gasteiger partial charge is 0.493 e. The molecule has 0 unspecified atom stereocenters. The normalized spacial score (nSPS) is 9.54. The topological polar surface area (TPSA) is 68.8 Å². The van der Waals surface area contributed by atoms with Crippen molar-refractivity contribution < 1.29 is 4.74 Å². The van der Waals surface area contributed by atoms with E-state index in [1.54, 1.807) is 0 Å². The van der Waals surface area contributed by atoms with Crippen molar-refractivity contribution in [2.75, 3.05) is 11.9 Å². The van der Waals surface area contributed by atoms with Gasteiger partial charge in [0.1, 0.15) is 23.5 Å². The second kappa shape index (κ2) is 7.85. The maximum absolute atomic E-state index is 8.77. The zero-order chi connectivity index (χ0) is 17.5. The molecule has 0 bridgehead atoms. The van der Waals surface area contributed by atoms with Gasteiger partial charge >= 0.3 is 0 Å². The van der Waals surface area contributed by atoms with Crippen LogP contribution in [-0.4, -0.2) is 6.61 Å². The lowest BCUT2D eigenvalue weighted by atomic mass is 9.99. The predicted molar refractivity (Wildman–Crippen MR) is 95.5 cm³/mol. The van der Waals surface area contributed by atoms with E-state index < -0.39 is 0 Å². The Hall–Kier alpha value is -3.24. The first-order valence-corrected chi connectivity index (χ1v) is 7.70. The first-order valence-electron chi connectivity index (χ1n) is 7.70. The minimum atomic E-state index is 0.0353. The Labute approximate surface area is 142 Å². The molecule has 0 amide bonds. The highest BCUT2D eigenvalue weighted by Gasteiger charge is 2.08. The van der Waals surface area contributed by atoms with Gasteiger partial charge in [0.15, 0.2) is 0 Å². The third-order valence-corrected chi connectivity index (χ3v) is 3.57. The van der Waals surface area contributed by atoms with Gasteiger partial charge in [-0.05, 0) is 67.3 Å². The molecule has 2 rings (SSSR count). The van der Waals surface area contributed by atoms with Crippen LogP contribution < -0.4 is 10.1 Å². The van der Waals surface area contributed by atoms with Crippen molar-refractivity contribution in [2.24, 2.45) is 0 Å². The van der Waals surface area contributed by atoms with Crippen molar-refractivity contribution in [3.05, 3.63) is 59.3 Å². The molecular weight excluding hydrogens is 298 g/mol. The van der Waals surface area contributed by atoms with Crippen LogP contribution >= 0.6 is 0 Å². The van der Waals surface area contributed by atoms with Crippen LogP contribution in [0.1, 0.15) is 18.1 Å².